The Hall–Kier alpha value is -4.03. The molecule has 0 saturated heterocycles. The molecule has 5 rings (SSSR count). The van der Waals surface area contributed by atoms with Crippen LogP contribution in [-0.4, -0.2) is 34.3 Å². The summed E-state index contributed by atoms with van der Waals surface area (Å²) < 4.78 is 7.01. The van der Waals surface area contributed by atoms with E-state index in [2.05, 4.69) is 21.5 Å². The number of nitrogens with zero attached hydrogens (tertiary/aromatic N) is 2. The van der Waals surface area contributed by atoms with Crippen molar-refractivity contribution in [3.63, 3.8) is 0 Å². The van der Waals surface area contributed by atoms with Crippen LogP contribution in [0.4, 0.5) is 0 Å². The molecule has 2 heterocycles. The van der Waals surface area contributed by atoms with Gasteiger partial charge in [-0.25, -0.2) is 4.68 Å². The Kier molecular flexibility index (Phi) is 6.78. The molecule has 0 saturated carbocycles. The van der Waals surface area contributed by atoms with Crippen molar-refractivity contribution < 1.29 is 9.53 Å². The molecule has 0 aliphatic heterocycles. The van der Waals surface area contributed by atoms with Crippen molar-refractivity contribution in [3.8, 4) is 5.75 Å². The predicted octanol–water partition coefficient (Wildman–Crippen LogP) is 5.95. The van der Waals surface area contributed by atoms with Crippen molar-refractivity contribution in [2.24, 2.45) is 0 Å². The number of rotatable bonds is 8. The van der Waals surface area contributed by atoms with Crippen LogP contribution in [0.15, 0.2) is 85.1 Å². The summed E-state index contributed by atoms with van der Waals surface area (Å²) >= 11 is 6.64. The fourth-order valence-electron chi connectivity index (χ4n) is 4.58. The van der Waals surface area contributed by atoms with E-state index in [9.17, 15) is 4.79 Å². The number of ether oxygens (including phenoxy) is 1. The Balaban J connectivity index is 1.41. The van der Waals surface area contributed by atoms with Crippen molar-refractivity contribution in [1.29, 1.82) is 0 Å². The highest BCUT2D eigenvalue weighted by Crippen LogP contribution is 2.32. The second-order valence-electron chi connectivity index (χ2n) is 8.72. The minimum absolute atomic E-state index is 0.0746. The number of aromatic amines is 1. The molecule has 0 bridgehead atoms. The lowest BCUT2D eigenvalue weighted by Crippen LogP contribution is -2.29. The highest BCUT2D eigenvalue weighted by molar-refractivity contribution is 6.33. The van der Waals surface area contributed by atoms with Gasteiger partial charge in [0.15, 0.2) is 0 Å². The molecular formula is C29H27ClN4O2. The van der Waals surface area contributed by atoms with Gasteiger partial charge in [-0.3, -0.25) is 4.79 Å². The van der Waals surface area contributed by atoms with Crippen LogP contribution in [-0.2, 0) is 6.54 Å². The molecule has 1 atom stereocenters. The Bertz CT molecular complexity index is 1490. The monoisotopic (exact) mass is 498 g/mol. The predicted molar refractivity (Wildman–Crippen MR) is 143 cm³/mol. The fraction of sp³-hybridized carbons (Fsp3) is 0.172. The van der Waals surface area contributed by atoms with Crippen molar-refractivity contribution in [1.82, 2.24) is 20.1 Å². The van der Waals surface area contributed by atoms with Crippen LogP contribution in [0.25, 0.3) is 10.9 Å². The van der Waals surface area contributed by atoms with Crippen molar-refractivity contribution >= 4 is 28.4 Å². The van der Waals surface area contributed by atoms with Gasteiger partial charge < -0.3 is 15.0 Å². The van der Waals surface area contributed by atoms with Crippen LogP contribution in [0.5, 0.6) is 5.75 Å². The molecular weight excluding hydrogens is 472 g/mol. The lowest BCUT2D eigenvalue weighted by atomic mass is 9.90. The molecule has 2 aromatic heterocycles. The maximum atomic E-state index is 13.3. The molecule has 182 valence electrons. The number of carbonyl (C=O) groups excluding carboxylic acids is 1. The van der Waals surface area contributed by atoms with Gasteiger partial charge in [-0.1, -0.05) is 72.3 Å². The summed E-state index contributed by atoms with van der Waals surface area (Å²) in [5.41, 5.74) is 5.30. The van der Waals surface area contributed by atoms with E-state index >= 15 is 0 Å². The average Bonchev–Trinajstić information content (AvgIpc) is 3.45. The number of methoxy groups -OCH3 is 1. The van der Waals surface area contributed by atoms with Gasteiger partial charge in [0, 0.05) is 29.6 Å². The maximum Gasteiger partial charge on any atom is 0.256 e. The molecule has 0 aliphatic carbocycles. The van der Waals surface area contributed by atoms with Gasteiger partial charge >= 0.3 is 0 Å². The summed E-state index contributed by atoms with van der Waals surface area (Å²) in [6.07, 6.45) is 2.02. The highest BCUT2D eigenvalue weighted by atomic mass is 35.5. The number of fused-ring (bicyclic) bond motifs is 1. The first-order valence-corrected chi connectivity index (χ1v) is 12.2. The second-order valence-corrected chi connectivity index (χ2v) is 9.08. The first-order chi connectivity index (χ1) is 17.5. The van der Waals surface area contributed by atoms with E-state index in [4.69, 9.17) is 16.3 Å². The zero-order chi connectivity index (χ0) is 25.1. The average molecular weight is 499 g/mol. The van der Waals surface area contributed by atoms with Gasteiger partial charge in [-0.15, -0.1) is 0 Å². The number of amides is 1. The molecule has 6 nitrogen and oxygen atoms in total. The quantitative estimate of drug-likeness (QED) is 0.278. The molecule has 3 aromatic carbocycles. The van der Waals surface area contributed by atoms with E-state index < -0.39 is 0 Å². The number of nitrogens with one attached hydrogen (secondary N) is 2. The minimum atomic E-state index is -0.241. The number of aromatic nitrogens is 3. The molecule has 7 heteroatoms. The third kappa shape index (κ3) is 4.72. The summed E-state index contributed by atoms with van der Waals surface area (Å²) in [6, 6.07) is 26.0. The molecule has 36 heavy (non-hydrogen) atoms. The van der Waals surface area contributed by atoms with Crippen molar-refractivity contribution in [2.75, 3.05) is 13.7 Å². The largest absolute Gasteiger partial charge is 0.497 e. The molecule has 0 radical (unpaired) electrons. The SMILES string of the molecule is COc1ccc(C(CNC(=O)c2c(C)nn(Cc3ccccc3)c2Cl)c2c[nH]c3ccccc23)cc1. The zero-order valence-corrected chi connectivity index (χ0v) is 20.9. The van der Waals surface area contributed by atoms with E-state index in [0.717, 1.165) is 33.3 Å². The fourth-order valence-corrected chi connectivity index (χ4v) is 4.90. The van der Waals surface area contributed by atoms with E-state index in [-0.39, 0.29) is 11.8 Å². The summed E-state index contributed by atoms with van der Waals surface area (Å²) in [6.45, 7) is 2.70. The Morgan fingerprint density at radius 1 is 1.06 bits per heavy atom. The van der Waals surface area contributed by atoms with Crippen molar-refractivity contribution in [3.05, 3.63) is 118 Å². The number of benzene rings is 3. The van der Waals surface area contributed by atoms with Gasteiger partial charge in [0.25, 0.3) is 5.91 Å². The summed E-state index contributed by atoms with van der Waals surface area (Å²) in [5, 5.41) is 9.10. The summed E-state index contributed by atoms with van der Waals surface area (Å²) in [5.74, 6) is 0.471. The van der Waals surface area contributed by atoms with Crippen LogP contribution < -0.4 is 10.1 Å². The summed E-state index contributed by atoms with van der Waals surface area (Å²) in [7, 11) is 1.65. The molecule has 5 aromatic rings. The zero-order valence-electron chi connectivity index (χ0n) is 20.2. The van der Waals surface area contributed by atoms with Gasteiger partial charge in [-0.05, 0) is 41.8 Å². The number of para-hydroxylation sites is 1. The molecule has 1 unspecified atom stereocenters. The van der Waals surface area contributed by atoms with Gasteiger partial charge in [-0.2, -0.15) is 5.10 Å². The molecule has 1 amide bonds. The van der Waals surface area contributed by atoms with Crippen LogP contribution in [0.2, 0.25) is 5.15 Å². The lowest BCUT2D eigenvalue weighted by Gasteiger charge is -2.19. The van der Waals surface area contributed by atoms with Crippen LogP contribution >= 0.6 is 11.6 Å². The number of hydrogen-bond acceptors (Lipinski definition) is 3. The van der Waals surface area contributed by atoms with Crippen LogP contribution in [0.1, 0.15) is 38.7 Å². The topological polar surface area (TPSA) is 71.9 Å². The first kappa shape index (κ1) is 23.7. The first-order valence-electron chi connectivity index (χ1n) is 11.8. The van der Waals surface area contributed by atoms with E-state index in [1.165, 1.54) is 0 Å². The Morgan fingerprint density at radius 3 is 2.53 bits per heavy atom. The number of aryl methyl sites for hydroxylation is 1. The van der Waals surface area contributed by atoms with Crippen molar-refractivity contribution in [2.45, 2.75) is 19.4 Å². The van der Waals surface area contributed by atoms with Crippen LogP contribution in [0, 0.1) is 6.92 Å². The smallest absolute Gasteiger partial charge is 0.256 e. The normalized spacial score (nSPS) is 12.0. The standard InChI is InChI=1S/C29H27ClN4O2/c1-19-27(28(30)34(33-19)18-20-8-4-3-5-9-20)29(35)32-16-24(21-12-14-22(36-2)15-13-21)25-17-31-26-11-7-6-10-23(25)26/h3-15,17,24,31H,16,18H2,1-2H3,(H,32,35). The highest BCUT2D eigenvalue weighted by Gasteiger charge is 2.24. The third-order valence-electron chi connectivity index (χ3n) is 6.45. The number of hydrogen-bond donors (Lipinski definition) is 2. The van der Waals surface area contributed by atoms with E-state index in [0.29, 0.717) is 29.5 Å². The molecule has 2 N–H and O–H groups in total. The molecule has 0 aliphatic rings. The minimum Gasteiger partial charge on any atom is -0.497 e. The van der Waals surface area contributed by atoms with Gasteiger partial charge in [0.05, 0.1) is 24.9 Å². The summed E-state index contributed by atoms with van der Waals surface area (Å²) in [4.78, 5) is 16.7. The molecule has 0 fully saturated rings. The van der Waals surface area contributed by atoms with E-state index in [1.54, 1.807) is 11.8 Å². The van der Waals surface area contributed by atoms with Crippen LogP contribution in [0.3, 0.4) is 0 Å². The maximum absolute atomic E-state index is 13.3. The lowest BCUT2D eigenvalue weighted by molar-refractivity contribution is 0.0952. The van der Waals surface area contributed by atoms with Gasteiger partial charge in [0.1, 0.15) is 10.9 Å². The second kappa shape index (κ2) is 10.3. The van der Waals surface area contributed by atoms with E-state index in [1.807, 2.05) is 85.9 Å². The number of H-pyrrole nitrogens is 1. The third-order valence-corrected chi connectivity index (χ3v) is 6.83. The number of carbonyl (C=O) groups is 1. The number of halogens is 1. The molecule has 0 spiro atoms. The Morgan fingerprint density at radius 2 is 1.78 bits per heavy atom. The van der Waals surface area contributed by atoms with Gasteiger partial charge in [0.2, 0.25) is 0 Å². The Labute approximate surface area is 214 Å².